The van der Waals surface area contributed by atoms with Crippen LogP contribution in [0.2, 0.25) is 0 Å². The van der Waals surface area contributed by atoms with Crippen molar-refractivity contribution in [1.82, 2.24) is 10.6 Å². The van der Waals surface area contributed by atoms with Gasteiger partial charge in [0.05, 0.1) is 13.2 Å². The van der Waals surface area contributed by atoms with Crippen LogP contribution in [0.3, 0.4) is 0 Å². The van der Waals surface area contributed by atoms with Gasteiger partial charge in [0.1, 0.15) is 5.75 Å². The van der Waals surface area contributed by atoms with Crippen LogP contribution >= 0.6 is 0 Å². The first-order valence-corrected chi connectivity index (χ1v) is 7.44. The van der Waals surface area contributed by atoms with Crippen LogP contribution in [0.15, 0.2) is 42.5 Å². The second-order valence-electron chi connectivity index (χ2n) is 5.56. The third-order valence-corrected chi connectivity index (χ3v) is 4.04. The lowest BCUT2D eigenvalue weighted by atomic mass is 10.0. The Morgan fingerprint density at radius 2 is 2.00 bits per heavy atom. The van der Waals surface area contributed by atoms with E-state index in [-0.39, 0.29) is 11.9 Å². The average Bonchev–Trinajstić information content (AvgIpc) is 3.02. The van der Waals surface area contributed by atoms with Gasteiger partial charge in [-0.25, -0.2) is 0 Å². The minimum absolute atomic E-state index is 0.0509. The van der Waals surface area contributed by atoms with Crippen LogP contribution in [0.4, 0.5) is 0 Å². The molecular weight excluding hydrogens is 276 g/mol. The summed E-state index contributed by atoms with van der Waals surface area (Å²) in [4.78, 5) is 12.4. The van der Waals surface area contributed by atoms with E-state index in [0.29, 0.717) is 5.56 Å². The largest absolute Gasteiger partial charge is 0.497 e. The Bertz CT molecular complexity index is 697. The number of rotatable bonds is 4. The van der Waals surface area contributed by atoms with Crippen molar-refractivity contribution in [2.45, 2.75) is 26.1 Å². The normalized spacial score (nSPS) is 14.3. The predicted molar refractivity (Wildman–Crippen MR) is 85.9 cm³/mol. The summed E-state index contributed by atoms with van der Waals surface area (Å²) < 4.78 is 5.23. The van der Waals surface area contributed by atoms with E-state index in [1.165, 1.54) is 11.1 Å². The Labute approximate surface area is 130 Å². The molecule has 114 valence electrons. The molecule has 1 atom stereocenters. The molecule has 0 saturated carbocycles. The van der Waals surface area contributed by atoms with Gasteiger partial charge in [-0.15, -0.1) is 0 Å². The molecule has 2 aromatic carbocycles. The number of benzene rings is 2. The SMILES string of the molecule is COc1cccc(C(C)NC(=O)c2ccc3c(c2)CNC3)c1. The molecule has 4 heteroatoms. The first-order chi connectivity index (χ1) is 10.7. The fourth-order valence-electron chi connectivity index (χ4n) is 2.71. The number of amides is 1. The Balaban J connectivity index is 1.73. The van der Waals surface area contributed by atoms with Gasteiger partial charge in [0.25, 0.3) is 5.91 Å². The van der Waals surface area contributed by atoms with Crippen molar-refractivity contribution in [3.05, 3.63) is 64.7 Å². The van der Waals surface area contributed by atoms with E-state index in [4.69, 9.17) is 4.74 Å². The van der Waals surface area contributed by atoms with Gasteiger partial charge in [0.2, 0.25) is 0 Å². The highest BCUT2D eigenvalue weighted by Crippen LogP contribution is 2.20. The molecule has 4 nitrogen and oxygen atoms in total. The highest BCUT2D eigenvalue weighted by Gasteiger charge is 2.15. The Kier molecular flexibility index (Phi) is 4.11. The van der Waals surface area contributed by atoms with E-state index in [2.05, 4.69) is 10.6 Å². The van der Waals surface area contributed by atoms with Crippen molar-refractivity contribution >= 4 is 5.91 Å². The zero-order chi connectivity index (χ0) is 15.5. The lowest BCUT2D eigenvalue weighted by molar-refractivity contribution is 0.0939. The molecule has 22 heavy (non-hydrogen) atoms. The molecule has 0 spiro atoms. The molecular formula is C18H20N2O2. The van der Waals surface area contributed by atoms with E-state index in [1.54, 1.807) is 7.11 Å². The van der Waals surface area contributed by atoms with Gasteiger partial charge < -0.3 is 15.4 Å². The molecule has 1 aliphatic rings. The standard InChI is InChI=1S/C18H20N2O2/c1-12(13-4-3-5-17(9-13)22-2)20-18(21)14-6-7-15-10-19-11-16(15)8-14/h3-9,12,19H,10-11H2,1-2H3,(H,20,21). The van der Waals surface area contributed by atoms with Crippen LogP contribution < -0.4 is 15.4 Å². The monoisotopic (exact) mass is 296 g/mol. The summed E-state index contributed by atoms with van der Waals surface area (Å²) in [5.74, 6) is 0.743. The minimum Gasteiger partial charge on any atom is -0.497 e. The Morgan fingerprint density at radius 3 is 2.82 bits per heavy atom. The van der Waals surface area contributed by atoms with Gasteiger partial charge in [0, 0.05) is 18.7 Å². The van der Waals surface area contributed by atoms with E-state index in [1.807, 2.05) is 49.4 Å². The summed E-state index contributed by atoms with van der Waals surface area (Å²) in [5.41, 5.74) is 4.21. The molecule has 1 amide bonds. The van der Waals surface area contributed by atoms with Gasteiger partial charge in [-0.2, -0.15) is 0 Å². The maximum absolute atomic E-state index is 12.4. The van der Waals surface area contributed by atoms with Gasteiger partial charge >= 0.3 is 0 Å². The molecule has 0 saturated heterocycles. The molecule has 0 fully saturated rings. The molecule has 1 heterocycles. The van der Waals surface area contributed by atoms with Gasteiger partial charge in [-0.3, -0.25) is 4.79 Å². The number of ether oxygens (including phenoxy) is 1. The summed E-state index contributed by atoms with van der Waals surface area (Å²) >= 11 is 0. The number of hydrogen-bond acceptors (Lipinski definition) is 3. The van der Waals surface area contributed by atoms with E-state index < -0.39 is 0 Å². The third-order valence-electron chi connectivity index (χ3n) is 4.04. The van der Waals surface area contributed by atoms with Crippen molar-refractivity contribution in [3.63, 3.8) is 0 Å². The van der Waals surface area contributed by atoms with Crippen LogP contribution in [-0.2, 0) is 13.1 Å². The lowest BCUT2D eigenvalue weighted by Crippen LogP contribution is -2.26. The Morgan fingerprint density at radius 1 is 1.18 bits per heavy atom. The quantitative estimate of drug-likeness (QED) is 0.912. The van der Waals surface area contributed by atoms with Crippen molar-refractivity contribution < 1.29 is 9.53 Å². The zero-order valence-corrected chi connectivity index (χ0v) is 12.8. The summed E-state index contributed by atoms with van der Waals surface area (Å²) in [5, 5.41) is 6.33. The number of hydrogen-bond donors (Lipinski definition) is 2. The fourth-order valence-corrected chi connectivity index (χ4v) is 2.71. The van der Waals surface area contributed by atoms with Gasteiger partial charge in [-0.05, 0) is 47.9 Å². The van der Waals surface area contributed by atoms with Crippen LogP contribution in [-0.4, -0.2) is 13.0 Å². The predicted octanol–water partition coefficient (Wildman–Crippen LogP) is 2.79. The highest BCUT2D eigenvalue weighted by atomic mass is 16.5. The average molecular weight is 296 g/mol. The van der Waals surface area contributed by atoms with Gasteiger partial charge in [-0.1, -0.05) is 18.2 Å². The number of methoxy groups -OCH3 is 1. The molecule has 0 aromatic heterocycles. The number of nitrogens with one attached hydrogen (secondary N) is 2. The summed E-state index contributed by atoms with van der Waals surface area (Å²) in [6.07, 6.45) is 0. The maximum Gasteiger partial charge on any atom is 0.251 e. The van der Waals surface area contributed by atoms with Crippen molar-refractivity contribution in [1.29, 1.82) is 0 Å². The van der Waals surface area contributed by atoms with Crippen LogP contribution in [0, 0.1) is 0 Å². The molecule has 2 N–H and O–H groups in total. The number of fused-ring (bicyclic) bond motifs is 1. The van der Waals surface area contributed by atoms with Crippen LogP contribution in [0.25, 0.3) is 0 Å². The van der Waals surface area contributed by atoms with E-state index >= 15 is 0 Å². The maximum atomic E-state index is 12.4. The molecule has 2 aromatic rings. The second kappa shape index (κ2) is 6.20. The fraction of sp³-hybridized carbons (Fsp3) is 0.278. The van der Waals surface area contributed by atoms with Crippen LogP contribution in [0.5, 0.6) is 5.75 Å². The third kappa shape index (κ3) is 2.97. The highest BCUT2D eigenvalue weighted by molar-refractivity contribution is 5.94. The first-order valence-electron chi connectivity index (χ1n) is 7.44. The zero-order valence-electron chi connectivity index (χ0n) is 12.8. The second-order valence-corrected chi connectivity index (χ2v) is 5.56. The van der Waals surface area contributed by atoms with Crippen LogP contribution in [0.1, 0.15) is 40.0 Å². The molecule has 1 aliphatic heterocycles. The number of carbonyl (C=O) groups excluding carboxylic acids is 1. The van der Waals surface area contributed by atoms with Crippen molar-refractivity contribution in [2.24, 2.45) is 0 Å². The minimum atomic E-state index is -0.0750. The molecule has 1 unspecified atom stereocenters. The molecule has 0 radical (unpaired) electrons. The van der Waals surface area contributed by atoms with E-state index in [0.717, 1.165) is 24.4 Å². The molecule has 0 aliphatic carbocycles. The van der Waals surface area contributed by atoms with Gasteiger partial charge in [0.15, 0.2) is 0 Å². The lowest BCUT2D eigenvalue weighted by Gasteiger charge is -2.15. The summed E-state index contributed by atoms with van der Waals surface area (Å²) in [6, 6.07) is 13.6. The molecule has 3 rings (SSSR count). The summed E-state index contributed by atoms with van der Waals surface area (Å²) in [6.45, 7) is 3.70. The van der Waals surface area contributed by atoms with Crippen molar-refractivity contribution in [2.75, 3.05) is 7.11 Å². The first kappa shape index (κ1) is 14.6. The number of carbonyl (C=O) groups is 1. The van der Waals surface area contributed by atoms with E-state index in [9.17, 15) is 4.79 Å². The molecule has 0 bridgehead atoms. The topological polar surface area (TPSA) is 50.4 Å². The Hall–Kier alpha value is -2.33. The van der Waals surface area contributed by atoms with Crippen molar-refractivity contribution in [3.8, 4) is 5.75 Å². The smallest absolute Gasteiger partial charge is 0.251 e. The summed E-state index contributed by atoms with van der Waals surface area (Å²) in [7, 11) is 1.64.